The second-order valence-corrected chi connectivity index (χ2v) is 7.03. The van der Waals surface area contributed by atoms with Gasteiger partial charge in [-0.05, 0) is 24.3 Å². The average molecular weight is 436 g/mol. The molecule has 31 heavy (non-hydrogen) atoms. The molecule has 0 aliphatic carbocycles. The first kappa shape index (κ1) is 20.0. The van der Waals surface area contributed by atoms with E-state index in [0.29, 0.717) is 5.02 Å². The number of amides is 1. The van der Waals surface area contributed by atoms with E-state index in [1.165, 1.54) is 36.4 Å². The predicted octanol–water partition coefficient (Wildman–Crippen LogP) is 1.64. The van der Waals surface area contributed by atoms with Crippen LogP contribution in [0.15, 0.2) is 64.2 Å². The maximum Gasteiger partial charge on any atom is 0.286 e. The minimum absolute atomic E-state index is 0.123. The number of nitrogens with zero attached hydrogens (tertiary/aromatic N) is 2. The minimum Gasteiger partial charge on any atom is -0.396 e. The summed E-state index contributed by atoms with van der Waals surface area (Å²) in [5.41, 5.74) is 8.84. The molecular weight excluding hydrogens is 422 g/mol. The SMILES string of the molecule is NC(=O)c1c(=O)n(-c2ccc(Cl)cc2)nc2c(N)c(C(=O)c3ccccc3)c(=O)[nH]c12. The number of carbonyl (C=O) groups excluding carboxylic acids is 2. The fourth-order valence-corrected chi connectivity index (χ4v) is 3.32. The van der Waals surface area contributed by atoms with Crippen LogP contribution in [-0.4, -0.2) is 26.5 Å². The van der Waals surface area contributed by atoms with Crippen LogP contribution in [0.4, 0.5) is 5.69 Å². The van der Waals surface area contributed by atoms with Gasteiger partial charge in [-0.25, -0.2) is 0 Å². The number of nitrogens with two attached hydrogens (primary N) is 2. The molecule has 2 aromatic carbocycles. The maximum atomic E-state index is 12.9. The van der Waals surface area contributed by atoms with Crippen molar-refractivity contribution in [3.8, 4) is 5.69 Å². The van der Waals surface area contributed by atoms with Gasteiger partial charge in [0, 0.05) is 10.6 Å². The number of nitrogens with one attached hydrogen (secondary N) is 1. The molecule has 2 heterocycles. The molecule has 4 aromatic rings. The van der Waals surface area contributed by atoms with Crippen LogP contribution in [0, 0.1) is 0 Å². The van der Waals surface area contributed by atoms with Crippen molar-refractivity contribution in [3.05, 3.63) is 97.0 Å². The molecule has 0 radical (unpaired) electrons. The van der Waals surface area contributed by atoms with Gasteiger partial charge in [0.15, 0.2) is 0 Å². The highest BCUT2D eigenvalue weighted by Crippen LogP contribution is 2.23. The number of aromatic nitrogens is 3. The van der Waals surface area contributed by atoms with Crippen LogP contribution >= 0.6 is 11.6 Å². The molecule has 1 amide bonds. The Morgan fingerprint density at radius 2 is 1.61 bits per heavy atom. The van der Waals surface area contributed by atoms with Crippen molar-refractivity contribution in [1.82, 2.24) is 14.8 Å². The average Bonchev–Trinajstić information content (AvgIpc) is 2.74. The van der Waals surface area contributed by atoms with Crippen LogP contribution in [0.1, 0.15) is 26.3 Å². The molecule has 0 atom stereocenters. The van der Waals surface area contributed by atoms with Gasteiger partial charge in [-0.3, -0.25) is 19.2 Å². The molecule has 2 aromatic heterocycles. The van der Waals surface area contributed by atoms with Gasteiger partial charge in [0.2, 0.25) is 5.78 Å². The smallest absolute Gasteiger partial charge is 0.286 e. The molecule has 154 valence electrons. The van der Waals surface area contributed by atoms with Crippen LogP contribution in [0.5, 0.6) is 0 Å². The molecule has 0 saturated carbocycles. The largest absolute Gasteiger partial charge is 0.396 e. The van der Waals surface area contributed by atoms with Crippen LogP contribution < -0.4 is 22.6 Å². The number of hydrogen-bond donors (Lipinski definition) is 3. The summed E-state index contributed by atoms with van der Waals surface area (Å²) in [7, 11) is 0. The second kappa shape index (κ2) is 7.54. The molecular formula is C21H14ClN5O4. The van der Waals surface area contributed by atoms with Gasteiger partial charge in [0.25, 0.3) is 17.0 Å². The number of carbonyl (C=O) groups is 2. The number of rotatable bonds is 4. The fraction of sp³-hybridized carbons (Fsp3) is 0. The lowest BCUT2D eigenvalue weighted by molar-refractivity contribution is 0.0998. The molecule has 0 aliphatic heterocycles. The highest BCUT2D eigenvalue weighted by Gasteiger charge is 2.25. The summed E-state index contributed by atoms with van der Waals surface area (Å²) in [5, 5.41) is 4.62. The van der Waals surface area contributed by atoms with E-state index in [9.17, 15) is 19.2 Å². The Balaban J connectivity index is 2.08. The van der Waals surface area contributed by atoms with Crippen molar-refractivity contribution in [1.29, 1.82) is 0 Å². The van der Waals surface area contributed by atoms with E-state index in [1.54, 1.807) is 18.2 Å². The summed E-state index contributed by atoms with van der Waals surface area (Å²) in [5.74, 6) is -1.72. The van der Waals surface area contributed by atoms with Crippen molar-refractivity contribution in [2.45, 2.75) is 0 Å². The van der Waals surface area contributed by atoms with Crippen molar-refractivity contribution >= 4 is 40.0 Å². The Bertz CT molecular complexity index is 1470. The number of nitrogen functional groups attached to an aromatic ring is 1. The number of ketones is 1. The number of H-pyrrole nitrogens is 1. The summed E-state index contributed by atoms with van der Waals surface area (Å²) in [4.78, 5) is 52.9. The number of fused-ring (bicyclic) bond motifs is 1. The van der Waals surface area contributed by atoms with E-state index in [-0.39, 0.29) is 33.5 Å². The number of anilines is 1. The number of benzene rings is 2. The number of hydrogen-bond acceptors (Lipinski definition) is 6. The van der Waals surface area contributed by atoms with Crippen LogP contribution in [-0.2, 0) is 0 Å². The van der Waals surface area contributed by atoms with Crippen LogP contribution in [0.25, 0.3) is 16.7 Å². The van der Waals surface area contributed by atoms with Crippen molar-refractivity contribution < 1.29 is 9.59 Å². The monoisotopic (exact) mass is 435 g/mol. The molecule has 4 rings (SSSR count). The van der Waals surface area contributed by atoms with Crippen molar-refractivity contribution in [3.63, 3.8) is 0 Å². The van der Waals surface area contributed by atoms with Gasteiger partial charge in [-0.15, -0.1) is 0 Å². The van der Waals surface area contributed by atoms with E-state index < -0.39 is 28.4 Å². The maximum absolute atomic E-state index is 12.9. The summed E-state index contributed by atoms with van der Waals surface area (Å²) in [6, 6.07) is 14.1. The Morgan fingerprint density at radius 1 is 0.968 bits per heavy atom. The third-order valence-electron chi connectivity index (χ3n) is 4.66. The first-order valence-electron chi connectivity index (χ1n) is 8.94. The highest BCUT2D eigenvalue weighted by molar-refractivity contribution is 6.30. The Morgan fingerprint density at radius 3 is 2.23 bits per heavy atom. The first-order chi connectivity index (χ1) is 14.8. The Hall–Kier alpha value is -4.24. The van der Waals surface area contributed by atoms with E-state index >= 15 is 0 Å². The van der Waals surface area contributed by atoms with E-state index in [0.717, 1.165) is 4.68 Å². The summed E-state index contributed by atoms with van der Waals surface area (Å²) >= 11 is 5.89. The quantitative estimate of drug-likeness (QED) is 0.414. The molecule has 0 fully saturated rings. The number of pyridine rings is 1. The van der Waals surface area contributed by atoms with E-state index in [1.807, 2.05) is 0 Å². The Kier molecular flexibility index (Phi) is 4.88. The zero-order chi connectivity index (χ0) is 22.3. The molecule has 0 aliphatic rings. The van der Waals surface area contributed by atoms with Crippen LogP contribution in [0.2, 0.25) is 5.02 Å². The summed E-state index contributed by atoms with van der Waals surface area (Å²) < 4.78 is 0.907. The standard InChI is InChI=1S/C21H14ClN5O4/c22-11-6-8-12(9-7-11)27-21(31)14(19(24)29)16-17(26-27)15(23)13(20(30)25-16)18(28)10-4-2-1-3-5-10/h1-9H,23H2,(H2,24,29)(H,25,30). The topological polar surface area (TPSA) is 154 Å². The lowest BCUT2D eigenvalue weighted by atomic mass is 10.0. The first-order valence-corrected chi connectivity index (χ1v) is 9.31. The zero-order valence-electron chi connectivity index (χ0n) is 15.8. The Labute approximate surface area is 178 Å². The van der Waals surface area contributed by atoms with E-state index in [2.05, 4.69) is 10.1 Å². The molecule has 0 spiro atoms. The molecule has 0 bridgehead atoms. The van der Waals surface area contributed by atoms with Gasteiger partial charge in [0.05, 0.1) is 16.9 Å². The summed E-state index contributed by atoms with van der Waals surface area (Å²) in [6.45, 7) is 0. The summed E-state index contributed by atoms with van der Waals surface area (Å²) in [6.07, 6.45) is 0. The molecule has 10 heteroatoms. The highest BCUT2D eigenvalue weighted by atomic mass is 35.5. The molecule has 9 nitrogen and oxygen atoms in total. The zero-order valence-corrected chi connectivity index (χ0v) is 16.5. The van der Waals surface area contributed by atoms with Gasteiger partial charge in [0.1, 0.15) is 16.6 Å². The normalized spacial score (nSPS) is 10.9. The molecule has 0 unspecified atom stereocenters. The van der Waals surface area contributed by atoms with Crippen LogP contribution in [0.3, 0.4) is 0 Å². The molecule has 5 N–H and O–H groups in total. The van der Waals surface area contributed by atoms with Gasteiger partial charge < -0.3 is 16.5 Å². The number of primary amides is 1. The van der Waals surface area contributed by atoms with Gasteiger partial charge >= 0.3 is 0 Å². The molecule has 0 saturated heterocycles. The predicted molar refractivity (Wildman–Crippen MR) is 116 cm³/mol. The van der Waals surface area contributed by atoms with Gasteiger partial charge in [-0.2, -0.15) is 9.78 Å². The van der Waals surface area contributed by atoms with Crippen molar-refractivity contribution in [2.24, 2.45) is 5.73 Å². The third-order valence-corrected chi connectivity index (χ3v) is 4.92. The third kappa shape index (κ3) is 3.36. The van der Waals surface area contributed by atoms with Crippen molar-refractivity contribution in [2.75, 3.05) is 5.73 Å². The lowest BCUT2D eigenvalue weighted by Crippen LogP contribution is -2.33. The number of aromatic amines is 1. The fourth-order valence-electron chi connectivity index (χ4n) is 3.20. The lowest BCUT2D eigenvalue weighted by Gasteiger charge is -2.12. The second-order valence-electron chi connectivity index (χ2n) is 6.59. The van der Waals surface area contributed by atoms with E-state index in [4.69, 9.17) is 23.1 Å². The number of halogens is 1. The minimum atomic E-state index is -1.09. The van der Waals surface area contributed by atoms with Gasteiger partial charge in [-0.1, -0.05) is 41.9 Å².